The van der Waals surface area contributed by atoms with Crippen LogP contribution >= 0.6 is 0 Å². The molecule has 2 aliphatic carbocycles. The van der Waals surface area contributed by atoms with Crippen molar-refractivity contribution in [2.75, 3.05) is 0 Å². The van der Waals surface area contributed by atoms with Crippen molar-refractivity contribution < 1.29 is 15.0 Å². The van der Waals surface area contributed by atoms with Crippen LogP contribution in [0.15, 0.2) is 23.8 Å². The Bertz CT molecular complexity index is 719. The zero-order valence-corrected chi connectivity index (χ0v) is 21.1. The number of carbonyl (C=O) groups is 1. The molecule has 0 unspecified atom stereocenters. The number of fused-ring (bicyclic) bond motifs is 1. The first-order chi connectivity index (χ1) is 15.1. The topological polar surface area (TPSA) is 60.8 Å². The van der Waals surface area contributed by atoms with Gasteiger partial charge in [-0.15, -0.1) is 11.8 Å². The first-order valence-electron chi connectivity index (χ1n) is 12.6. The molecule has 0 saturated heterocycles. The van der Waals surface area contributed by atoms with E-state index in [1.54, 1.807) is 0 Å². The lowest BCUT2D eigenvalue weighted by Gasteiger charge is -2.30. The summed E-state index contributed by atoms with van der Waals surface area (Å²) in [4.78, 5) is 14.5. The van der Waals surface area contributed by atoms with E-state index in [1.807, 2.05) is 24.8 Å². The summed E-state index contributed by atoms with van der Waals surface area (Å²) in [5.74, 6) is 7.38. The van der Waals surface area contributed by atoms with Gasteiger partial charge in [-0.25, -0.2) is 0 Å². The van der Waals surface area contributed by atoms with Crippen molar-refractivity contribution in [3.05, 3.63) is 23.8 Å². The maximum Gasteiger partial charge on any atom is 0.223 e. The predicted octanol–water partition coefficient (Wildman–Crippen LogP) is 5.10. The van der Waals surface area contributed by atoms with Crippen LogP contribution in [0.3, 0.4) is 0 Å². The van der Waals surface area contributed by atoms with E-state index in [1.165, 1.54) is 5.57 Å². The van der Waals surface area contributed by atoms with Crippen LogP contribution in [0.5, 0.6) is 0 Å². The summed E-state index contributed by atoms with van der Waals surface area (Å²) in [6.45, 7) is 12.1. The van der Waals surface area contributed by atoms with E-state index in [0.29, 0.717) is 24.7 Å². The van der Waals surface area contributed by atoms with Crippen molar-refractivity contribution in [2.24, 2.45) is 23.7 Å². The van der Waals surface area contributed by atoms with Crippen LogP contribution in [0.2, 0.25) is 0 Å². The summed E-state index contributed by atoms with van der Waals surface area (Å²) in [6.07, 6.45) is 11.5. The van der Waals surface area contributed by atoms with Crippen molar-refractivity contribution in [1.29, 1.82) is 0 Å². The predicted molar refractivity (Wildman–Crippen MR) is 132 cm³/mol. The Balaban J connectivity index is 1.85. The van der Waals surface area contributed by atoms with Gasteiger partial charge in [-0.3, -0.25) is 4.79 Å². The Morgan fingerprint density at radius 1 is 1.19 bits per heavy atom. The van der Waals surface area contributed by atoms with Gasteiger partial charge < -0.3 is 15.1 Å². The van der Waals surface area contributed by atoms with E-state index in [-0.39, 0.29) is 35.9 Å². The Labute approximate surface area is 196 Å². The van der Waals surface area contributed by atoms with E-state index in [2.05, 4.69) is 51.7 Å². The number of carbonyl (C=O) groups excluding carboxylic acids is 1. The molecule has 2 fully saturated rings. The van der Waals surface area contributed by atoms with E-state index in [9.17, 15) is 15.0 Å². The molecule has 0 aromatic carbocycles. The maximum atomic E-state index is 12.5. The second-order valence-corrected chi connectivity index (χ2v) is 10.4. The molecular formula is C28H45NO3. The Morgan fingerprint density at radius 3 is 2.50 bits per heavy atom. The van der Waals surface area contributed by atoms with Gasteiger partial charge in [0.15, 0.2) is 0 Å². The minimum Gasteiger partial charge on any atom is -0.392 e. The Hall–Kier alpha value is -1.57. The summed E-state index contributed by atoms with van der Waals surface area (Å²) >= 11 is 0. The number of hydrogen-bond donors (Lipinski definition) is 2. The van der Waals surface area contributed by atoms with Crippen LogP contribution in [0.4, 0.5) is 0 Å². The molecule has 2 rings (SSSR count). The van der Waals surface area contributed by atoms with Gasteiger partial charge in [-0.2, -0.15) is 0 Å². The number of aliphatic hydroxyl groups excluding tert-OH is 2. The fourth-order valence-corrected chi connectivity index (χ4v) is 5.62. The zero-order valence-electron chi connectivity index (χ0n) is 21.1. The van der Waals surface area contributed by atoms with Crippen LogP contribution in [0, 0.1) is 35.5 Å². The molecular weight excluding hydrogens is 398 g/mol. The first-order valence-corrected chi connectivity index (χ1v) is 12.6. The molecule has 4 nitrogen and oxygen atoms in total. The number of rotatable bonds is 10. The molecule has 180 valence electrons. The molecule has 32 heavy (non-hydrogen) atoms. The van der Waals surface area contributed by atoms with Gasteiger partial charge in [0, 0.05) is 30.8 Å². The highest BCUT2D eigenvalue weighted by Gasteiger charge is 2.45. The second-order valence-electron chi connectivity index (χ2n) is 10.4. The summed E-state index contributed by atoms with van der Waals surface area (Å²) in [5.41, 5.74) is 1.48. The van der Waals surface area contributed by atoms with Crippen LogP contribution in [0.25, 0.3) is 0 Å². The highest BCUT2D eigenvalue weighted by atomic mass is 16.3. The van der Waals surface area contributed by atoms with Gasteiger partial charge in [0.25, 0.3) is 0 Å². The van der Waals surface area contributed by atoms with Gasteiger partial charge in [0.2, 0.25) is 5.91 Å². The Morgan fingerprint density at radius 2 is 1.88 bits per heavy atom. The normalized spacial score (nSPS) is 28.2. The standard InChI is InChI=1S/C28H45NO3/c1-7-8-11-21(6)26(30)15-14-24-25-17-22(16-23(25)18-27(24)31)12-9-10-13-28(32)29(19(2)3)20(4)5/h12,14-15,19-21,23-27,30-31H,9-11,13,16-18H2,1-6H3/b15-14+,22-12+/t21-,23-,24+,25-,26+,27+/m0/s1. The molecule has 0 aromatic heterocycles. The second kappa shape index (κ2) is 12.6. The minimum absolute atomic E-state index is 0.0945. The van der Waals surface area contributed by atoms with Crippen LogP contribution in [0.1, 0.15) is 86.5 Å². The van der Waals surface area contributed by atoms with Crippen molar-refractivity contribution >= 4 is 5.91 Å². The number of allylic oxidation sites excluding steroid dienone is 2. The van der Waals surface area contributed by atoms with Crippen molar-refractivity contribution in [3.63, 3.8) is 0 Å². The van der Waals surface area contributed by atoms with Crippen molar-refractivity contribution in [3.8, 4) is 11.8 Å². The third-order valence-corrected chi connectivity index (χ3v) is 7.25. The summed E-state index contributed by atoms with van der Waals surface area (Å²) in [7, 11) is 0. The fourth-order valence-electron chi connectivity index (χ4n) is 5.62. The monoisotopic (exact) mass is 443 g/mol. The average molecular weight is 444 g/mol. The number of nitrogens with zero attached hydrogens (tertiary/aromatic N) is 1. The molecule has 2 aliphatic rings. The van der Waals surface area contributed by atoms with Gasteiger partial charge >= 0.3 is 0 Å². The highest BCUT2D eigenvalue weighted by Crippen LogP contribution is 2.50. The summed E-state index contributed by atoms with van der Waals surface area (Å²) < 4.78 is 0. The van der Waals surface area contributed by atoms with Crippen LogP contribution < -0.4 is 0 Å². The third-order valence-electron chi connectivity index (χ3n) is 7.25. The molecule has 1 amide bonds. The summed E-state index contributed by atoms with van der Waals surface area (Å²) in [6, 6.07) is 0.486. The maximum absolute atomic E-state index is 12.5. The molecule has 0 aromatic rings. The number of hydrogen-bond acceptors (Lipinski definition) is 3. The molecule has 2 saturated carbocycles. The SMILES string of the molecule is CC#CC[C@H](C)[C@H](O)/C=C/[C@@H]1[C@H]2C/C(=C/CCCC(=O)N(C(C)C)C(C)C)C[C@H]2C[C@H]1O. The number of aliphatic hydroxyl groups is 2. The van der Waals surface area contributed by atoms with E-state index in [0.717, 1.165) is 32.1 Å². The minimum atomic E-state index is -0.521. The van der Waals surface area contributed by atoms with Crippen LogP contribution in [-0.2, 0) is 4.79 Å². The van der Waals surface area contributed by atoms with Gasteiger partial charge in [0.05, 0.1) is 12.2 Å². The number of unbranched alkanes of at least 4 members (excludes halogenated alkanes) is 1. The number of amides is 1. The molecule has 0 aliphatic heterocycles. The van der Waals surface area contributed by atoms with E-state index in [4.69, 9.17) is 0 Å². The average Bonchev–Trinajstić information content (AvgIpc) is 3.23. The first kappa shape index (κ1) is 26.7. The lowest BCUT2D eigenvalue weighted by molar-refractivity contribution is -0.134. The summed E-state index contributed by atoms with van der Waals surface area (Å²) in [5, 5.41) is 21.0. The van der Waals surface area contributed by atoms with E-state index < -0.39 is 6.10 Å². The molecule has 0 spiro atoms. The Kier molecular flexibility index (Phi) is 10.5. The fraction of sp³-hybridized carbons (Fsp3) is 0.750. The molecule has 2 N–H and O–H groups in total. The lowest BCUT2D eigenvalue weighted by Crippen LogP contribution is -2.41. The quantitative estimate of drug-likeness (QED) is 0.280. The van der Waals surface area contributed by atoms with Crippen molar-refractivity contribution in [1.82, 2.24) is 4.90 Å². The third kappa shape index (κ3) is 7.22. The van der Waals surface area contributed by atoms with Crippen molar-refractivity contribution in [2.45, 2.75) is 111 Å². The molecule has 0 heterocycles. The van der Waals surface area contributed by atoms with Gasteiger partial charge in [-0.1, -0.05) is 30.7 Å². The van der Waals surface area contributed by atoms with Gasteiger partial charge in [0.1, 0.15) is 0 Å². The molecule has 6 atom stereocenters. The largest absolute Gasteiger partial charge is 0.392 e. The van der Waals surface area contributed by atoms with Crippen LogP contribution in [-0.4, -0.2) is 45.3 Å². The lowest BCUT2D eigenvalue weighted by atomic mass is 9.89. The highest BCUT2D eigenvalue weighted by molar-refractivity contribution is 5.76. The smallest absolute Gasteiger partial charge is 0.223 e. The van der Waals surface area contributed by atoms with E-state index >= 15 is 0 Å². The zero-order chi connectivity index (χ0) is 23.8. The molecule has 0 radical (unpaired) electrons. The molecule has 4 heteroatoms. The van der Waals surface area contributed by atoms with Gasteiger partial charge in [-0.05, 0) is 84.5 Å². The molecule has 0 bridgehead atoms.